The zero-order chi connectivity index (χ0) is 10.6. The number of amides is 1. The number of nitrogens with zero attached hydrogens (tertiary/aromatic N) is 1. The summed E-state index contributed by atoms with van der Waals surface area (Å²) in [5.41, 5.74) is 0.529. The number of hydrogen-bond acceptors (Lipinski definition) is 3. The number of likely N-dealkylation sites (N-methyl/N-ethyl adjacent to an activating group) is 1. The summed E-state index contributed by atoms with van der Waals surface area (Å²) in [6.07, 6.45) is 2.62. The van der Waals surface area contributed by atoms with E-state index >= 15 is 0 Å². The average molecular weight is 196 g/mol. The molecule has 0 aromatic carbocycles. The van der Waals surface area contributed by atoms with Gasteiger partial charge in [-0.2, -0.15) is 0 Å². The molecule has 0 saturated carbocycles. The molecular formula is C10H16N2O2. The van der Waals surface area contributed by atoms with E-state index in [1.54, 1.807) is 7.05 Å². The molecule has 0 aliphatic carbocycles. The number of carbonyl (C=O) groups is 2. The minimum absolute atomic E-state index is 0.0289. The van der Waals surface area contributed by atoms with Crippen molar-refractivity contribution in [1.29, 1.82) is 0 Å². The molecule has 1 saturated heterocycles. The van der Waals surface area contributed by atoms with E-state index in [0.717, 1.165) is 25.7 Å². The first-order valence-corrected chi connectivity index (χ1v) is 4.77. The molecule has 1 rings (SSSR count). The van der Waals surface area contributed by atoms with Crippen molar-refractivity contribution in [1.82, 2.24) is 10.2 Å². The summed E-state index contributed by atoms with van der Waals surface area (Å²) in [6, 6.07) is -0.0864. The molecule has 1 N–H and O–H groups in total. The lowest BCUT2D eigenvalue weighted by Gasteiger charge is -2.22. The van der Waals surface area contributed by atoms with E-state index in [-0.39, 0.29) is 11.9 Å². The van der Waals surface area contributed by atoms with Gasteiger partial charge in [0, 0.05) is 13.6 Å². The lowest BCUT2D eigenvalue weighted by molar-refractivity contribution is -0.125. The number of hydrogen-bond donors (Lipinski definition) is 1. The Morgan fingerprint density at radius 3 is 3.00 bits per heavy atom. The van der Waals surface area contributed by atoms with Gasteiger partial charge in [0.2, 0.25) is 5.91 Å². The fraction of sp³-hybridized carbons (Fsp3) is 0.600. The second-order valence-electron chi connectivity index (χ2n) is 3.52. The van der Waals surface area contributed by atoms with Gasteiger partial charge < -0.3 is 5.32 Å². The van der Waals surface area contributed by atoms with Gasteiger partial charge in [0.25, 0.3) is 0 Å². The van der Waals surface area contributed by atoms with Gasteiger partial charge in [0.1, 0.15) is 6.29 Å². The lowest BCUT2D eigenvalue weighted by atomic mass is 10.2. The molecule has 14 heavy (non-hydrogen) atoms. The van der Waals surface area contributed by atoms with Crippen LogP contribution < -0.4 is 5.32 Å². The highest BCUT2D eigenvalue weighted by Gasteiger charge is 2.29. The summed E-state index contributed by atoms with van der Waals surface area (Å²) in [4.78, 5) is 23.8. The monoisotopic (exact) mass is 196 g/mol. The van der Waals surface area contributed by atoms with Gasteiger partial charge in [-0.15, -0.1) is 0 Å². The predicted molar refractivity (Wildman–Crippen MR) is 53.9 cm³/mol. The first-order valence-electron chi connectivity index (χ1n) is 4.77. The van der Waals surface area contributed by atoms with Crippen molar-refractivity contribution in [2.45, 2.75) is 18.9 Å². The fourth-order valence-corrected chi connectivity index (χ4v) is 1.78. The first-order chi connectivity index (χ1) is 6.69. The molecule has 0 aromatic heterocycles. The minimum atomic E-state index is -0.0864. The molecule has 1 unspecified atom stereocenters. The van der Waals surface area contributed by atoms with Crippen LogP contribution in [0.3, 0.4) is 0 Å². The molecule has 0 aromatic rings. The second-order valence-corrected chi connectivity index (χ2v) is 3.52. The van der Waals surface area contributed by atoms with E-state index in [0.29, 0.717) is 12.1 Å². The van der Waals surface area contributed by atoms with Crippen LogP contribution in [0.2, 0.25) is 0 Å². The van der Waals surface area contributed by atoms with E-state index in [4.69, 9.17) is 0 Å². The van der Waals surface area contributed by atoms with Crippen molar-refractivity contribution in [3.63, 3.8) is 0 Å². The Bertz CT molecular complexity index is 251. The van der Waals surface area contributed by atoms with Crippen LogP contribution in [0.4, 0.5) is 0 Å². The Labute approximate surface area is 84.0 Å². The van der Waals surface area contributed by atoms with E-state index in [2.05, 4.69) is 11.9 Å². The fourth-order valence-electron chi connectivity index (χ4n) is 1.78. The highest BCUT2D eigenvalue weighted by atomic mass is 16.2. The summed E-state index contributed by atoms with van der Waals surface area (Å²) in [5, 5.41) is 2.63. The molecule has 1 amide bonds. The third-order valence-corrected chi connectivity index (χ3v) is 2.49. The Kier molecular flexibility index (Phi) is 3.83. The van der Waals surface area contributed by atoms with E-state index in [1.165, 1.54) is 0 Å². The van der Waals surface area contributed by atoms with Crippen molar-refractivity contribution in [2.24, 2.45) is 0 Å². The molecule has 0 bridgehead atoms. The maximum Gasteiger partial charge on any atom is 0.237 e. The van der Waals surface area contributed by atoms with E-state index in [9.17, 15) is 9.59 Å². The normalized spacial score (nSPS) is 21.9. The molecule has 4 nitrogen and oxygen atoms in total. The zero-order valence-electron chi connectivity index (χ0n) is 8.45. The van der Waals surface area contributed by atoms with Crippen molar-refractivity contribution in [3.05, 3.63) is 12.2 Å². The molecule has 78 valence electrons. The van der Waals surface area contributed by atoms with Crippen molar-refractivity contribution in [3.8, 4) is 0 Å². The molecule has 0 spiro atoms. The smallest absolute Gasteiger partial charge is 0.237 e. The molecule has 1 aliphatic heterocycles. The highest BCUT2D eigenvalue weighted by Crippen LogP contribution is 2.17. The molecule has 4 heteroatoms. The summed E-state index contributed by atoms with van der Waals surface area (Å²) in [7, 11) is 1.63. The second kappa shape index (κ2) is 4.91. The standard InChI is InChI=1S/C10H16N2O2/c1-8(7-13)6-12-5-3-4-9(12)10(14)11-2/h7,9H,1,3-6H2,2H3,(H,11,14). The zero-order valence-corrected chi connectivity index (χ0v) is 8.45. The van der Waals surface area contributed by atoms with Gasteiger partial charge in [-0.3, -0.25) is 14.5 Å². The van der Waals surface area contributed by atoms with Gasteiger partial charge in [-0.1, -0.05) is 6.58 Å². The van der Waals surface area contributed by atoms with Crippen LogP contribution in [-0.2, 0) is 9.59 Å². The van der Waals surface area contributed by atoms with Gasteiger partial charge >= 0.3 is 0 Å². The molecule has 1 heterocycles. The predicted octanol–water partition coefficient (Wildman–Crippen LogP) is -0.0481. The Morgan fingerprint density at radius 2 is 2.43 bits per heavy atom. The summed E-state index contributed by atoms with van der Waals surface area (Å²) in [6.45, 7) is 4.98. The molecular weight excluding hydrogens is 180 g/mol. The van der Waals surface area contributed by atoms with Crippen LogP contribution in [0, 0.1) is 0 Å². The topological polar surface area (TPSA) is 49.4 Å². The summed E-state index contributed by atoms with van der Waals surface area (Å²) >= 11 is 0. The number of nitrogens with one attached hydrogen (secondary N) is 1. The Morgan fingerprint density at radius 1 is 1.71 bits per heavy atom. The third-order valence-electron chi connectivity index (χ3n) is 2.49. The van der Waals surface area contributed by atoms with Crippen LogP contribution in [-0.4, -0.2) is 43.3 Å². The molecule has 1 aliphatic rings. The Balaban J connectivity index is 2.55. The van der Waals surface area contributed by atoms with Crippen LogP contribution in [0.1, 0.15) is 12.8 Å². The number of rotatable bonds is 4. The van der Waals surface area contributed by atoms with Gasteiger partial charge in [0.15, 0.2) is 0 Å². The van der Waals surface area contributed by atoms with Crippen molar-refractivity contribution in [2.75, 3.05) is 20.1 Å². The summed E-state index contributed by atoms with van der Waals surface area (Å²) < 4.78 is 0. The van der Waals surface area contributed by atoms with Crippen molar-refractivity contribution >= 4 is 12.2 Å². The number of aldehydes is 1. The maximum atomic E-state index is 11.4. The number of likely N-dealkylation sites (tertiary alicyclic amines) is 1. The summed E-state index contributed by atoms with van der Waals surface area (Å²) in [5.74, 6) is 0.0289. The van der Waals surface area contributed by atoms with E-state index in [1.807, 2.05) is 4.90 Å². The third kappa shape index (κ3) is 2.42. The lowest BCUT2D eigenvalue weighted by Crippen LogP contribution is -2.42. The largest absolute Gasteiger partial charge is 0.358 e. The van der Waals surface area contributed by atoms with E-state index < -0.39 is 0 Å². The van der Waals surface area contributed by atoms with Crippen LogP contribution in [0.15, 0.2) is 12.2 Å². The highest BCUT2D eigenvalue weighted by molar-refractivity contribution is 5.82. The molecule has 1 atom stereocenters. The minimum Gasteiger partial charge on any atom is -0.358 e. The van der Waals surface area contributed by atoms with Gasteiger partial charge in [-0.25, -0.2) is 0 Å². The van der Waals surface area contributed by atoms with Crippen LogP contribution in [0.25, 0.3) is 0 Å². The molecule has 0 radical (unpaired) electrons. The van der Waals surface area contributed by atoms with Crippen LogP contribution in [0.5, 0.6) is 0 Å². The first kappa shape index (κ1) is 10.9. The SMILES string of the molecule is C=C(C=O)CN1CCCC1C(=O)NC. The quantitative estimate of drug-likeness (QED) is 0.506. The van der Waals surface area contributed by atoms with Gasteiger partial charge in [-0.05, 0) is 25.0 Å². The van der Waals surface area contributed by atoms with Crippen LogP contribution >= 0.6 is 0 Å². The average Bonchev–Trinajstić information content (AvgIpc) is 2.64. The van der Waals surface area contributed by atoms with Gasteiger partial charge in [0.05, 0.1) is 6.04 Å². The Hall–Kier alpha value is -1.16. The maximum absolute atomic E-state index is 11.4. The number of carbonyl (C=O) groups excluding carboxylic acids is 2. The molecule has 1 fully saturated rings. The van der Waals surface area contributed by atoms with Crippen molar-refractivity contribution < 1.29 is 9.59 Å².